The van der Waals surface area contributed by atoms with Crippen LogP contribution in [0.2, 0.25) is 0 Å². The van der Waals surface area contributed by atoms with Gasteiger partial charge < -0.3 is 0 Å². The van der Waals surface area contributed by atoms with Gasteiger partial charge in [-0.3, -0.25) is 9.78 Å². The largest absolute Gasteiger partial charge is 0.292 e. The van der Waals surface area contributed by atoms with E-state index in [1.54, 1.807) is 25.4 Å². The molecule has 0 fully saturated rings. The van der Waals surface area contributed by atoms with Gasteiger partial charge in [-0.1, -0.05) is 0 Å². The van der Waals surface area contributed by atoms with Crippen molar-refractivity contribution < 1.29 is 4.79 Å². The molecule has 0 atom stereocenters. The van der Waals surface area contributed by atoms with Crippen molar-refractivity contribution in [2.24, 2.45) is 0 Å². The van der Waals surface area contributed by atoms with Gasteiger partial charge in [-0.25, -0.2) is 9.97 Å². The van der Waals surface area contributed by atoms with Crippen molar-refractivity contribution >= 4 is 21.7 Å². The van der Waals surface area contributed by atoms with Crippen LogP contribution in [0, 0.1) is 6.92 Å². The fourth-order valence-corrected chi connectivity index (χ4v) is 1.61. The molecule has 0 spiro atoms. The molecule has 2 aromatic rings. The van der Waals surface area contributed by atoms with E-state index in [1.807, 2.05) is 12.1 Å². The summed E-state index contributed by atoms with van der Waals surface area (Å²) in [6.45, 7) is 1.76. The van der Waals surface area contributed by atoms with E-state index in [2.05, 4.69) is 30.9 Å². The lowest BCUT2D eigenvalue weighted by Gasteiger charge is -2.01. The Morgan fingerprint density at radius 1 is 1.29 bits per heavy atom. The fourth-order valence-electron chi connectivity index (χ4n) is 1.38. The molecule has 0 amide bonds. The van der Waals surface area contributed by atoms with Gasteiger partial charge in [0.25, 0.3) is 0 Å². The number of pyridine rings is 1. The van der Waals surface area contributed by atoms with Crippen molar-refractivity contribution in [1.82, 2.24) is 15.0 Å². The summed E-state index contributed by atoms with van der Waals surface area (Å²) in [5.41, 5.74) is 1.16. The van der Waals surface area contributed by atoms with Gasteiger partial charge in [0.2, 0.25) is 0 Å². The van der Waals surface area contributed by atoms with Gasteiger partial charge in [-0.2, -0.15) is 0 Å². The number of rotatable bonds is 3. The van der Waals surface area contributed by atoms with Crippen molar-refractivity contribution in [3.63, 3.8) is 0 Å². The maximum atomic E-state index is 11.9. The van der Waals surface area contributed by atoms with Crippen LogP contribution < -0.4 is 0 Å². The van der Waals surface area contributed by atoms with Crippen LogP contribution in [0.25, 0.3) is 0 Å². The third kappa shape index (κ3) is 3.17. The third-order valence-corrected chi connectivity index (χ3v) is 2.66. The molecule has 0 saturated carbocycles. The Morgan fingerprint density at radius 2 is 2.12 bits per heavy atom. The average molecular weight is 292 g/mol. The molecule has 0 aromatic carbocycles. The fraction of sp³-hybridized carbons (Fsp3) is 0.167. The number of carbonyl (C=O) groups is 1. The number of nitrogens with zero attached hydrogens (tertiary/aromatic N) is 3. The topological polar surface area (TPSA) is 55.7 Å². The Bertz CT molecular complexity index is 540. The molecule has 17 heavy (non-hydrogen) atoms. The molecule has 0 unspecified atom stereocenters. The zero-order chi connectivity index (χ0) is 12.3. The van der Waals surface area contributed by atoms with E-state index in [1.165, 1.54) is 0 Å². The van der Waals surface area contributed by atoms with Crippen LogP contribution in [-0.2, 0) is 6.42 Å². The maximum Gasteiger partial charge on any atom is 0.187 e. The van der Waals surface area contributed by atoms with Crippen molar-refractivity contribution in [2.45, 2.75) is 13.3 Å². The molecule has 86 valence electrons. The quantitative estimate of drug-likeness (QED) is 0.815. The minimum atomic E-state index is -0.0506. The van der Waals surface area contributed by atoms with E-state index in [0.29, 0.717) is 11.5 Å². The zero-order valence-electron chi connectivity index (χ0n) is 9.22. The van der Waals surface area contributed by atoms with Gasteiger partial charge in [0.05, 0.1) is 6.42 Å². The second-order valence-electron chi connectivity index (χ2n) is 3.56. The van der Waals surface area contributed by atoms with Crippen LogP contribution in [0.4, 0.5) is 0 Å². The van der Waals surface area contributed by atoms with E-state index in [9.17, 15) is 4.79 Å². The minimum absolute atomic E-state index is 0.0506. The van der Waals surface area contributed by atoms with E-state index < -0.39 is 0 Å². The molecule has 0 saturated heterocycles. The molecule has 0 bridgehead atoms. The van der Waals surface area contributed by atoms with Crippen LogP contribution in [0.15, 0.2) is 35.1 Å². The number of hydrogen-bond acceptors (Lipinski definition) is 4. The number of Topliss-reactive ketones (excluding diaryl/α,β-unsaturated/α-hetero) is 1. The van der Waals surface area contributed by atoms with Gasteiger partial charge in [0.1, 0.15) is 11.5 Å². The van der Waals surface area contributed by atoms with Gasteiger partial charge in [0.15, 0.2) is 5.78 Å². The molecule has 5 heteroatoms. The summed E-state index contributed by atoms with van der Waals surface area (Å²) in [4.78, 5) is 24.1. The summed E-state index contributed by atoms with van der Waals surface area (Å²) in [5.74, 6) is 0.546. The van der Waals surface area contributed by atoms with Crippen LogP contribution in [0.1, 0.15) is 22.0 Å². The third-order valence-electron chi connectivity index (χ3n) is 2.19. The Hall–Kier alpha value is -1.62. The van der Waals surface area contributed by atoms with Crippen LogP contribution in [-0.4, -0.2) is 20.7 Å². The standard InChI is InChI=1S/C12H10BrN3O/c1-8-14-5-4-11(16-8)12(17)6-10-3-2-9(13)7-15-10/h2-5,7H,6H2,1H3. The Labute approximate surface area is 107 Å². The van der Waals surface area contributed by atoms with E-state index in [-0.39, 0.29) is 12.2 Å². The van der Waals surface area contributed by atoms with E-state index in [0.717, 1.165) is 10.2 Å². The summed E-state index contributed by atoms with van der Waals surface area (Å²) in [6.07, 6.45) is 3.52. The molecule has 0 radical (unpaired) electrons. The van der Waals surface area contributed by atoms with Gasteiger partial charge in [0, 0.05) is 22.6 Å². The highest BCUT2D eigenvalue weighted by atomic mass is 79.9. The molecular formula is C12H10BrN3O. The first-order chi connectivity index (χ1) is 8.15. The van der Waals surface area contributed by atoms with Crippen molar-refractivity contribution in [2.75, 3.05) is 0 Å². The van der Waals surface area contributed by atoms with Gasteiger partial charge in [-0.15, -0.1) is 0 Å². The lowest BCUT2D eigenvalue weighted by atomic mass is 10.1. The maximum absolute atomic E-state index is 11.9. The van der Waals surface area contributed by atoms with Crippen LogP contribution in [0.3, 0.4) is 0 Å². The smallest absolute Gasteiger partial charge is 0.187 e. The summed E-state index contributed by atoms with van der Waals surface area (Å²) in [7, 11) is 0. The summed E-state index contributed by atoms with van der Waals surface area (Å²) in [5, 5.41) is 0. The number of halogens is 1. The zero-order valence-corrected chi connectivity index (χ0v) is 10.8. The molecule has 4 nitrogen and oxygen atoms in total. The van der Waals surface area contributed by atoms with Crippen molar-refractivity contribution in [1.29, 1.82) is 0 Å². The lowest BCUT2D eigenvalue weighted by Crippen LogP contribution is -2.08. The van der Waals surface area contributed by atoms with Crippen LogP contribution in [0.5, 0.6) is 0 Å². The van der Waals surface area contributed by atoms with Crippen LogP contribution >= 0.6 is 15.9 Å². The number of aryl methyl sites for hydroxylation is 1. The number of aromatic nitrogens is 3. The van der Waals surface area contributed by atoms with Gasteiger partial charge >= 0.3 is 0 Å². The number of carbonyl (C=O) groups excluding carboxylic acids is 1. The molecule has 0 N–H and O–H groups in total. The van der Waals surface area contributed by atoms with Crippen molar-refractivity contribution in [3.05, 3.63) is 52.3 Å². The highest BCUT2D eigenvalue weighted by molar-refractivity contribution is 9.10. The highest BCUT2D eigenvalue weighted by Crippen LogP contribution is 2.09. The predicted octanol–water partition coefficient (Wildman–Crippen LogP) is 2.37. The highest BCUT2D eigenvalue weighted by Gasteiger charge is 2.09. The molecule has 2 aromatic heterocycles. The second-order valence-corrected chi connectivity index (χ2v) is 4.47. The normalized spacial score (nSPS) is 10.2. The first-order valence-corrected chi connectivity index (χ1v) is 5.88. The van der Waals surface area contributed by atoms with Gasteiger partial charge in [-0.05, 0) is 41.1 Å². The number of hydrogen-bond donors (Lipinski definition) is 0. The summed E-state index contributed by atoms with van der Waals surface area (Å²) >= 11 is 3.30. The SMILES string of the molecule is Cc1nccc(C(=O)Cc2ccc(Br)cn2)n1. The molecule has 0 aliphatic carbocycles. The molecule has 0 aliphatic heterocycles. The number of ketones is 1. The molecule has 0 aliphatic rings. The molecular weight excluding hydrogens is 282 g/mol. The Kier molecular flexibility index (Phi) is 3.58. The molecule has 2 rings (SSSR count). The first-order valence-electron chi connectivity index (χ1n) is 5.08. The van der Waals surface area contributed by atoms with Crippen molar-refractivity contribution in [3.8, 4) is 0 Å². The second kappa shape index (κ2) is 5.14. The van der Waals surface area contributed by atoms with E-state index in [4.69, 9.17) is 0 Å². The summed E-state index contributed by atoms with van der Waals surface area (Å²) in [6, 6.07) is 5.30. The Balaban J connectivity index is 2.14. The monoisotopic (exact) mass is 291 g/mol. The van der Waals surface area contributed by atoms with E-state index >= 15 is 0 Å². The average Bonchev–Trinajstić information content (AvgIpc) is 2.32. The minimum Gasteiger partial charge on any atom is -0.292 e. The summed E-state index contributed by atoms with van der Waals surface area (Å²) < 4.78 is 0.895. The first kappa shape index (κ1) is 11.9. The Morgan fingerprint density at radius 3 is 2.76 bits per heavy atom. The lowest BCUT2D eigenvalue weighted by molar-refractivity contribution is 0.0987. The molecule has 2 heterocycles. The predicted molar refractivity (Wildman–Crippen MR) is 66.7 cm³/mol.